The topological polar surface area (TPSA) is 127 Å². The number of hydrogen-bond acceptors (Lipinski definition) is 8. The van der Waals surface area contributed by atoms with E-state index >= 15 is 0 Å². The summed E-state index contributed by atoms with van der Waals surface area (Å²) in [6, 6.07) is 11.5. The van der Waals surface area contributed by atoms with Crippen LogP contribution in [-0.4, -0.2) is 71.6 Å². The molecule has 0 aliphatic carbocycles. The lowest BCUT2D eigenvalue weighted by Crippen LogP contribution is -2.41. The van der Waals surface area contributed by atoms with E-state index in [0.29, 0.717) is 24.1 Å². The van der Waals surface area contributed by atoms with E-state index in [1.807, 2.05) is 18.2 Å². The maximum Gasteiger partial charge on any atom is 0.324 e. The molecule has 3 aromatic heterocycles. The summed E-state index contributed by atoms with van der Waals surface area (Å²) in [5.74, 6) is 1.39. The van der Waals surface area contributed by atoms with Crippen molar-refractivity contribution in [3.8, 4) is 0 Å². The SMILES string of the molecule is O=C(c1ccc(CN2CCC3(CCN(Cc4ccc([N+](=O)[O-])s4)CC3)C2)cc1)N(Cc1ncc[nH]1)Cc1ncc[nH]1. The van der Waals surface area contributed by atoms with E-state index in [1.165, 1.54) is 23.3 Å². The van der Waals surface area contributed by atoms with Crippen LogP contribution in [0.5, 0.6) is 0 Å². The van der Waals surface area contributed by atoms with Gasteiger partial charge in [-0.15, -0.1) is 0 Å². The van der Waals surface area contributed by atoms with Crippen molar-refractivity contribution in [2.24, 2.45) is 5.41 Å². The Kier molecular flexibility index (Phi) is 7.95. The fourth-order valence-electron chi connectivity index (χ4n) is 6.05. The average Bonchev–Trinajstić information content (AvgIpc) is 3.80. The minimum atomic E-state index is -0.308. The first kappa shape index (κ1) is 27.3. The molecule has 0 bridgehead atoms. The summed E-state index contributed by atoms with van der Waals surface area (Å²) >= 11 is 1.28. The van der Waals surface area contributed by atoms with Crippen molar-refractivity contribution in [1.82, 2.24) is 34.6 Å². The summed E-state index contributed by atoms with van der Waals surface area (Å²) in [5.41, 5.74) is 2.21. The molecule has 2 N–H and O–H groups in total. The van der Waals surface area contributed by atoms with E-state index in [2.05, 4.69) is 41.9 Å². The second-order valence-corrected chi connectivity index (χ2v) is 12.3. The first-order valence-corrected chi connectivity index (χ1v) is 14.8. The van der Waals surface area contributed by atoms with Crippen LogP contribution in [0, 0.1) is 15.5 Å². The number of nitrogens with zero attached hydrogens (tertiary/aromatic N) is 6. The lowest BCUT2D eigenvalue weighted by atomic mass is 9.78. The Hall–Kier alpha value is -3.87. The lowest BCUT2D eigenvalue weighted by molar-refractivity contribution is -0.380. The largest absolute Gasteiger partial charge is 0.347 e. The van der Waals surface area contributed by atoms with Crippen LogP contribution < -0.4 is 0 Å². The highest BCUT2D eigenvalue weighted by Gasteiger charge is 2.40. The summed E-state index contributed by atoms with van der Waals surface area (Å²) in [7, 11) is 0. The highest BCUT2D eigenvalue weighted by atomic mass is 32.1. The quantitative estimate of drug-likeness (QED) is 0.212. The standard InChI is InChI=1S/C29H34N8O3S/c38-28(36(19-25-30-10-11-31-25)20-26-32-12-13-33-26)23-3-1-22(2-4-23)17-35-16-9-29(21-35)7-14-34(15-8-29)18-24-5-6-27(41-24)37(39)40/h1-6,10-13H,7-9,14-21H2,(H,30,31)(H,32,33). The highest BCUT2D eigenvalue weighted by molar-refractivity contribution is 7.15. The summed E-state index contributed by atoms with van der Waals surface area (Å²) in [4.78, 5) is 46.6. The number of likely N-dealkylation sites (tertiary alicyclic amines) is 2. The number of benzene rings is 1. The van der Waals surface area contributed by atoms with Crippen molar-refractivity contribution in [3.05, 3.63) is 99.0 Å². The Balaban J connectivity index is 1.02. The molecule has 6 rings (SSSR count). The molecule has 0 unspecified atom stereocenters. The molecule has 2 fully saturated rings. The van der Waals surface area contributed by atoms with Gasteiger partial charge in [0.25, 0.3) is 5.91 Å². The number of hydrogen-bond donors (Lipinski definition) is 2. The molecule has 11 nitrogen and oxygen atoms in total. The molecule has 1 amide bonds. The molecule has 4 aromatic rings. The normalized spacial score (nSPS) is 17.3. The number of piperidine rings is 1. The van der Waals surface area contributed by atoms with Gasteiger partial charge in [0, 0.05) is 60.9 Å². The van der Waals surface area contributed by atoms with Crippen molar-refractivity contribution in [2.45, 2.75) is 45.4 Å². The first-order valence-electron chi connectivity index (χ1n) is 14.0. The number of rotatable bonds is 10. The third-order valence-corrected chi connectivity index (χ3v) is 9.35. The Morgan fingerprint density at radius 1 is 0.927 bits per heavy atom. The van der Waals surface area contributed by atoms with Crippen LogP contribution in [0.4, 0.5) is 5.00 Å². The Morgan fingerprint density at radius 3 is 2.12 bits per heavy atom. The fraction of sp³-hybridized carbons (Fsp3) is 0.414. The number of thiophene rings is 1. The van der Waals surface area contributed by atoms with Gasteiger partial charge in [0.2, 0.25) is 0 Å². The smallest absolute Gasteiger partial charge is 0.324 e. The van der Waals surface area contributed by atoms with E-state index in [0.717, 1.165) is 68.6 Å². The molecular weight excluding hydrogens is 540 g/mol. The van der Waals surface area contributed by atoms with Crippen LogP contribution in [0.1, 0.15) is 51.7 Å². The Bertz CT molecular complexity index is 1410. The molecule has 1 spiro atoms. The number of nitro groups is 1. The van der Waals surface area contributed by atoms with E-state index in [4.69, 9.17) is 0 Å². The van der Waals surface area contributed by atoms with Gasteiger partial charge >= 0.3 is 5.00 Å². The lowest BCUT2D eigenvalue weighted by Gasteiger charge is -2.39. The van der Waals surface area contributed by atoms with Gasteiger partial charge in [-0.05, 0) is 68.1 Å². The zero-order chi connectivity index (χ0) is 28.2. The van der Waals surface area contributed by atoms with Gasteiger partial charge in [-0.3, -0.25) is 24.7 Å². The van der Waals surface area contributed by atoms with Gasteiger partial charge in [-0.1, -0.05) is 23.5 Å². The van der Waals surface area contributed by atoms with Gasteiger partial charge in [0.1, 0.15) is 11.6 Å². The van der Waals surface area contributed by atoms with Crippen molar-refractivity contribution >= 4 is 22.2 Å². The average molecular weight is 575 g/mol. The number of carbonyl (C=O) groups excluding carboxylic acids is 1. The van der Waals surface area contributed by atoms with Crippen molar-refractivity contribution in [3.63, 3.8) is 0 Å². The minimum absolute atomic E-state index is 0.0617. The molecule has 0 radical (unpaired) electrons. The number of amides is 1. The highest BCUT2D eigenvalue weighted by Crippen LogP contribution is 2.41. The number of aromatic nitrogens is 4. The maximum atomic E-state index is 13.4. The molecule has 0 saturated carbocycles. The molecule has 1 aromatic carbocycles. The van der Waals surface area contributed by atoms with E-state index in [-0.39, 0.29) is 15.8 Å². The van der Waals surface area contributed by atoms with Gasteiger partial charge in [0.15, 0.2) is 0 Å². The zero-order valence-electron chi connectivity index (χ0n) is 22.9. The second-order valence-electron chi connectivity index (χ2n) is 11.2. The van der Waals surface area contributed by atoms with Crippen LogP contribution in [-0.2, 0) is 26.2 Å². The van der Waals surface area contributed by atoms with Gasteiger partial charge < -0.3 is 14.9 Å². The minimum Gasteiger partial charge on any atom is -0.347 e. The fourth-order valence-corrected chi connectivity index (χ4v) is 6.91. The molecule has 2 aliphatic heterocycles. The molecule has 0 atom stereocenters. The molecule has 2 aliphatic rings. The summed E-state index contributed by atoms with van der Waals surface area (Å²) < 4.78 is 0. The second kappa shape index (κ2) is 11.9. The molecule has 214 valence electrons. The van der Waals surface area contributed by atoms with Gasteiger partial charge in [-0.25, -0.2) is 9.97 Å². The van der Waals surface area contributed by atoms with Crippen LogP contribution >= 0.6 is 11.3 Å². The third kappa shape index (κ3) is 6.55. The van der Waals surface area contributed by atoms with Crippen LogP contribution in [0.3, 0.4) is 0 Å². The Morgan fingerprint density at radius 2 is 1.56 bits per heavy atom. The Labute approximate surface area is 242 Å². The number of H-pyrrole nitrogens is 2. The summed E-state index contributed by atoms with van der Waals surface area (Å²) in [6.45, 7) is 6.64. The molecule has 2 saturated heterocycles. The molecular formula is C29H34N8O3S. The summed E-state index contributed by atoms with van der Waals surface area (Å²) in [5, 5.41) is 11.2. The first-order chi connectivity index (χ1) is 19.9. The van der Waals surface area contributed by atoms with Crippen LogP contribution in [0.25, 0.3) is 0 Å². The maximum absolute atomic E-state index is 13.4. The van der Waals surface area contributed by atoms with Crippen molar-refractivity contribution in [1.29, 1.82) is 0 Å². The zero-order valence-corrected chi connectivity index (χ0v) is 23.7. The van der Waals surface area contributed by atoms with Crippen molar-refractivity contribution < 1.29 is 9.72 Å². The number of imidazole rings is 2. The third-order valence-electron chi connectivity index (χ3n) is 8.33. The van der Waals surface area contributed by atoms with Gasteiger partial charge in [-0.2, -0.15) is 0 Å². The monoisotopic (exact) mass is 574 g/mol. The number of aromatic amines is 2. The van der Waals surface area contributed by atoms with Gasteiger partial charge in [0.05, 0.1) is 18.0 Å². The number of carbonyl (C=O) groups is 1. The molecule has 5 heterocycles. The summed E-state index contributed by atoms with van der Waals surface area (Å²) in [6.07, 6.45) is 10.4. The number of nitrogens with one attached hydrogen (secondary N) is 2. The van der Waals surface area contributed by atoms with Crippen LogP contribution in [0.2, 0.25) is 0 Å². The predicted molar refractivity (Wildman–Crippen MR) is 155 cm³/mol. The predicted octanol–water partition coefficient (Wildman–Crippen LogP) is 4.43. The van der Waals surface area contributed by atoms with E-state index < -0.39 is 0 Å². The van der Waals surface area contributed by atoms with E-state index in [1.54, 1.807) is 35.8 Å². The van der Waals surface area contributed by atoms with E-state index in [9.17, 15) is 14.9 Å². The van der Waals surface area contributed by atoms with Crippen LogP contribution in [0.15, 0.2) is 61.2 Å². The van der Waals surface area contributed by atoms with Crippen molar-refractivity contribution in [2.75, 3.05) is 26.2 Å². The molecule has 41 heavy (non-hydrogen) atoms. The molecule has 12 heteroatoms.